The van der Waals surface area contributed by atoms with Crippen molar-refractivity contribution in [3.05, 3.63) is 33.7 Å². The summed E-state index contributed by atoms with van der Waals surface area (Å²) in [6.07, 6.45) is 2.02. The van der Waals surface area contributed by atoms with E-state index in [1.807, 2.05) is 32.2 Å². The van der Waals surface area contributed by atoms with Gasteiger partial charge in [-0.05, 0) is 33.6 Å². The van der Waals surface area contributed by atoms with E-state index in [1.54, 1.807) is 11.3 Å². The first-order chi connectivity index (χ1) is 11.5. The number of aryl methyl sites for hydroxylation is 3. The molecule has 24 heavy (non-hydrogen) atoms. The SMILES string of the molecule is Cc1cc(N2CCC[C@@H](OC(=O)Cc3csc(C)n3)C2)nc(C)n1. The van der Waals surface area contributed by atoms with Crippen LogP contribution in [0.2, 0.25) is 0 Å². The van der Waals surface area contributed by atoms with Crippen LogP contribution in [0.15, 0.2) is 11.4 Å². The number of aromatic nitrogens is 3. The van der Waals surface area contributed by atoms with Crippen LogP contribution >= 0.6 is 11.3 Å². The van der Waals surface area contributed by atoms with Crippen LogP contribution in [0.1, 0.15) is 35.1 Å². The summed E-state index contributed by atoms with van der Waals surface area (Å²) in [5, 5.41) is 2.88. The molecule has 0 radical (unpaired) electrons. The van der Waals surface area contributed by atoms with Gasteiger partial charge >= 0.3 is 5.97 Å². The molecule has 1 aliphatic heterocycles. The van der Waals surface area contributed by atoms with Crippen LogP contribution < -0.4 is 4.90 Å². The molecule has 0 spiro atoms. The molecule has 1 aliphatic rings. The summed E-state index contributed by atoms with van der Waals surface area (Å²) in [6, 6.07) is 1.98. The van der Waals surface area contributed by atoms with E-state index in [1.165, 1.54) is 0 Å². The standard InChI is InChI=1S/C17H22N4O2S/c1-11-7-16(19-12(2)18-11)21-6-4-5-15(9-21)23-17(22)8-14-10-24-13(3)20-14/h7,10,15H,4-6,8-9H2,1-3H3/t15-/m1/s1. The van der Waals surface area contributed by atoms with Crippen molar-refractivity contribution in [1.82, 2.24) is 15.0 Å². The van der Waals surface area contributed by atoms with Gasteiger partial charge in [0.15, 0.2) is 0 Å². The van der Waals surface area contributed by atoms with E-state index in [9.17, 15) is 4.79 Å². The molecule has 1 saturated heterocycles. The van der Waals surface area contributed by atoms with Gasteiger partial charge in [0.1, 0.15) is 17.7 Å². The molecule has 6 nitrogen and oxygen atoms in total. The van der Waals surface area contributed by atoms with Gasteiger partial charge in [0.2, 0.25) is 0 Å². The Labute approximate surface area is 145 Å². The van der Waals surface area contributed by atoms with Gasteiger partial charge in [0.05, 0.1) is 23.7 Å². The maximum Gasteiger partial charge on any atom is 0.312 e. The molecule has 1 fully saturated rings. The van der Waals surface area contributed by atoms with Gasteiger partial charge in [-0.2, -0.15) is 0 Å². The van der Waals surface area contributed by atoms with E-state index >= 15 is 0 Å². The van der Waals surface area contributed by atoms with Crippen molar-refractivity contribution in [2.45, 2.75) is 46.1 Å². The summed E-state index contributed by atoms with van der Waals surface area (Å²) in [7, 11) is 0. The first kappa shape index (κ1) is 16.8. The Bertz CT molecular complexity index is 711. The molecule has 7 heteroatoms. The lowest BCUT2D eigenvalue weighted by Gasteiger charge is -2.33. The highest BCUT2D eigenvalue weighted by atomic mass is 32.1. The maximum atomic E-state index is 12.1. The molecule has 0 unspecified atom stereocenters. The molecular formula is C17H22N4O2S. The van der Waals surface area contributed by atoms with Crippen molar-refractivity contribution < 1.29 is 9.53 Å². The summed E-state index contributed by atoms with van der Waals surface area (Å²) in [4.78, 5) is 27.5. The number of nitrogens with zero attached hydrogens (tertiary/aromatic N) is 4. The molecule has 0 amide bonds. The van der Waals surface area contributed by atoms with E-state index in [-0.39, 0.29) is 18.5 Å². The van der Waals surface area contributed by atoms with Crippen LogP contribution in [0.4, 0.5) is 5.82 Å². The Kier molecular flexibility index (Phi) is 5.08. The van der Waals surface area contributed by atoms with Gasteiger partial charge in [0.25, 0.3) is 0 Å². The zero-order valence-electron chi connectivity index (χ0n) is 14.3. The molecule has 3 rings (SSSR count). The highest BCUT2D eigenvalue weighted by Crippen LogP contribution is 2.21. The lowest BCUT2D eigenvalue weighted by molar-refractivity contribution is -0.148. The average Bonchev–Trinajstić information content (AvgIpc) is 2.91. The van der Waals surface area contributed by atoms with E-state index in [2.05, 4.69) is 19.9 Å². The second kappa shape index (κ2) is 7.25. The second-order valence-corrected chi connectivity index (χ2v) is 7.21. The number of thiazole rings is 1. The third-order valence-corrected chi connectivity index (χ3v) is 4.77. The van der Waals surface area contributed by atoms with Crippen molar-refractivity contribution in [3.8, 4) is 0 Å². The molecule has 0 aliphatic carbocycles. The quantitative estimate of drug-likeness (QED) is 0.793. The van der Waals surface area contributed by atoms with E-state index in [4.69, 9.17) is 4.74 Å². The number of piperidine rings is 1. The fourth-order valence-corrected chi connectivity index (χ4v) is 3.58. The van der Waals surface area contributed by atoms with Gasteiger partial charge in [0, 0.05) is 23.7 Å². The topological polar surface area (TPSA) is 68.2 Å². The molecule has 128 valence electrons. The van der Waals surface area contributed by atoms with Crippen LogP contribution in [-0.4, -0.2) is 40.1 Å². The third kappa shape index (κ3) is 4.29. The normalized spacial score (nSPS) is 17.8. The molecule has 2 aromatic heterocycles. The van der Waals surface area contributed by atoms with Crippen molar-refractivity contribution in [3.63, 3.8) is 0 Å². The van der Waals surface area contributed by atoms with E-state index in [0.29, 0.717) is 6.54 Å². The molecule has 0 N–H and O–H groups in total. The highest BCUT2D eigenvalue weighted by molar-refractivity contribution is 7.09. The van der Waals surface area contributed by atoms with Crippen molar-refractivity contribution in [1.29, 1.82) is 0 Å². The fourth-order valence-electron chi connectivity index (χ4n) is 2.97. The molecule has 0 aromatic carbocycles. The zero-order chi connectivity index (χ0) is 17.1. The zero-order valence-corrected chi connectivity index (χ0v) is 15.1. The first-order valence-electron chi connectivity index (χ1n) is 8.17. The van der Waals surface area contributed by atoms with Gasteiger partial charge in [-0.3, -0.25) is 4.79 Å². The van der Waals surface area contributed by atoms with Crippen molar-refractivity contribution in [2.75, 3.05) is 18.0 Å². The van der Waals surface area contributed by atoms with Crippen molar-refractivity contribution >= 4 is 23.1 Å². The lowest BCUT2D eigenvalue weighted by Crippen LogP contribution is -2.41. The van der Waals surface area contributed by atoms with Crippen LogP contribution in [-0.2, 0) is 16.0 Å². The monoisotopic (exact) mass is 346 g/mol. The number of rotatable bonds is 4. The molecule has 2 aromatic rings. The minimum Gasteiger partial charge on any atom is -0.460 e. The first-order valence-corrected chi connectivity index (χ1v) is 9.05. The molecule has 3 heterocycles. The lowest BCUT2D eigenvalue weighted by atomic mass is 10.1. The molecule has 0 bridgehead atoms. The Morgan fingerprint density at radius 3 is 2.88 bits per heavy atom. The summed E-state index contributed by atoms with van der Waals surface area (Å²) >= 11 is 1.55. The minimum atomic E-state index is -0.206. The Hall–Kier alpha value is -2.02. The third-order valence-electron chi connectivity index (χ3n) is 3.94. The van der Waals surface area contributed by atoms with E-state index < -0.39 is 0 Å². The Balaban J connectivity index is 1.59. The van der Waals surface area contributed by atoms with Crippen molar-refractivity contribution in [2.24, 2.45) is 0 Å². The smallest absolute Gasteiger partial charge is 0.312 e. The molecular weight excluding hydrogens is 324 g/mol. The predicted octanol–water partition coefficient (Wildman–Crippen LogP) is 2.61. The fraction of sp³-hybridized carbons (Fsp3) is 0.529. The number of esters is 1. The number of carbonyl (C=O) groups is 1. The number of hydrogen-bond donors (Lipinski definition) is 0. The van der Waals surface area contributed by atoms with Crippen LogP contribution in [0, 0.1) is 20.8 Å². The van der Waals surface area contributed by atoms with Crippen LogP contribution in [0.25, 0.3) is 0 Å². The Morgan fingerprint density at radius 1 is 1.33 bits per heavy atom. The number of ether oxygens (including phenoxy) is 1. The van der Waals surface area contributed by atoms with Gasteiger partial charge in [-0.25, -0.2) is 15.0 Å². The molecule has 0 saturated carbocycles. The van der Waals surface area contributed by atoms with Crippen LogP contribution in [0.3, 0.4) is 0 Å². The van der Waals surface area contributed by atoms with E-state index in [0.717, 1.165) is 47.4 Å². The molecule has 1 atom stereocenters. The largest absolute Gasteiger partial charge is 0.460 e. The second-order valence-electron chi connectivity index (χ2n) is 6.15. The van der Waals surface area contributed by atoms with Crippen LogP contribution in [0.5, 0.6) is 0 Å². The minimum absolute atomic E-state index is 0.0958. The summed E-state index contributed by atoms with van der Waals surface area (Å²) in [6.45, 7) is 7.40. The summed E-state index contributed by atoms with van der Waals surface area (Å²) in [5.74, 6) is 1.47. The predicted molar refractivity (Wildman–Crippen MR) is 93.4 cm³/mol. The number of carbonyl (C=O) groups excluding carboxylic acids is 1. The average molecular weight is 346 g/mol. The Morgan fingerprint density at radius 2 is 2.17 bits per heavy atom. The van der Waals surface area contributed by atoms with Gasteiger partial charge < -0.3 is 9.64 Å². The number of anilines is 1. The maximum absolute atomic E-state index is 12.1. The highest BCUT2D eigenvalue weighted by Gasteiger charge is 2.24. The number of hydrogen-bond acceptors (Lipinski definition) is 7. The van der Waals surface area contributed by atoms with Gasteiger partial charge in [-0.1, -0.05) is 0 Å². The van der Waals surface area contributed by atoms with Gasteiger partial charge in [-0.15, -0.1) is 11.3 Å². The summed E-state index contributed by atoms with van der Waals surface area (Å²) in [5.41, 5.74) is 1.74. The summed E-state index contributed by atoms with van der Waals surface area (Å²) < 4.78 is 5.66.